The van der Waals surface area contributed by atoms with Gasteiger partial charge in [-0.25, -0.2) is 0 Å². The number of carbonyl (C=O) groups excluding carboxylic acids is 3. The summed E-state index contributed by atoms with van der Waals surface area (Å²) in [5.41, 5.74) is 4.38. The Morgan fingerprint density at radius 3 is 2.38 bits per heavy atom. The van der Waals surface area contributed by atoms with Gasteiger partial charge in [0.15, 0.2) is 0 Å². The van der Waals surface area contributed by atoms with E-state index < -0.39 is 0 Å². The number of amides is 3. The molecule has 0 saturated carbocycles. The number of fused-ring (bicyclic) bond motifs is 1. The van der Waals surface area contributed by atoms with Gasteiger partial charge in [-0.05, 0) is 50.1 Å². The summed E-state index contributed by atoms with van der Waals surface area (Å²) in [5.74, 6) is -0.425. The van der Waals surface area contributed by atoms with Gasteiger partial charge in [-0.1, -0.05) is 44.2 Å². The molecule has 1 heterocycles. The van der Waals surface area contributed by atoms with Crippen molar-refractivity contribution in [2.45, 2.75) is 46.1 Å². The number of aryl methyl sites for hydroxylation is 2. The summed E-state index contributed by atoms with van der Waals surface area (Å²) in [5, 5.41) is 5.91. The molecule has 7 heteroatoms. The van der Waals surface area contributed by atoms with E-state index in [4.69, 9.17) is 0 Å². The minimum absolute atomic E-state index is 0.0658. The summed E-state index contributed by atoms with van der Waals surface area (Å²) >= 11 is 0. The fraction of sp³-hybridized carbons (Fsp3) is 0.400. The molecule has 0 spiro atoms. The largest absolute Gasteiger partial charge is 0.324 e. The van der Waals surface area contributed by atoms with Crippen molar-refractivity contribution in [3.8, 4) is 0 Å². The van der Waals surface area contributed by atoms with Gasteiger partial charge in [0, 0.05) is 18.2 Å². The molecule has 1 aliphatic rings. The van der Waals surface area contributed by atoms with Crippen molar-refractivity contribution in [3.05, 3.63) is 53.6 Å². The Kier molecular flexibility index (Phi) is 7.64. The van der Waals surface area contributed by atoms with Gasteiger partial charge in [0.25, 0.3) is 0 Å². The first-order chi connectivity index (χ1) is 15.3. The van der Waals surface area contributed by atoms with Crippen molar-refractivity contribution < 1.29 is 14.4 Å². The molecule has 1 aliphatic heterocycles. The molecule has 0 saturated heterocycles. The van der Waals surface area contributed by atoms with E-state index in [0.29, 0.717) is 11.4 Å². The first-order valence-electron chi connectivity index (χ1n) is 11.1. The van der Waals surface area contributed by atoms with Crippen molar-refractivity contribution >= 4 is 34.8 Å². The number of nitrogens with zero attached hydrogens (tertiary/aromatic N) is 2. The molecule has 0 aromatic heterocycles. The summed E-state index contributed by atoms with van der Waals surface area (Å²) in [6.45, 7) is 6.15. The summed E-state index contributed by atoms with van der Waals surface area (Å²) in [6.07, 6.45) is 1.88. The van der Waals surface area contributed by atoms with Crippen molar-refractivity contribution in [2.24, 2.45) is 0 Å². The Morgan fingerprint density at radius 1 is 1.06 bits per heavy atom. The predicted octanol–water partition coefficient (Wildman–Crippen LogP) is 3.45. The first kappa shape index (κ1) is 23.5. The molecule has 3 amide bonds. The lowest BCUT2D eigenvalue weighted by Crippen LogP contribution is -2.45. The molecule has 7 nitrogen and oxygen atoms in total. The number of nitrogens with one attached hydrogen (secondary N) is 2. The zero-order valence-electron chi connectivity index (χ0n) is 19.3. The third-order valence-electron chi connectivity index (χ3n) is 5.71. The standard InChI is InChI=1S/C25H32N4O3/c1-5-18-10-9-11-19(6-2)25(18)27-23(31)15-28(4)16-24(32)29-17(3)14-22(30)26-20-12-7-8-13-21(20)29/h7-13,17H,5-6,14-16H2,1-4H3,(H,26,30)(H,27,31). The van der Waals surface area contributed by atoms with Crippen LogP contribution in [0.2, 0.25) is 0 Å². The second kappa shape index (κ2) is 10.4. The van der Waals surface area contributed by atoms with Crippen LogP contribution in [0.1, 0.15) is 38.3 Å². The van der Waals surface area contributed by atoms with Gasteiger partial charge >= 0.3 is 0 Å². The number of para-hydroxylation sites is 3. The lowest BCUT2D eigenvalue weighted by molar-refractivity contribution is -0.121. The van der Waals surface area contributed by atoms with Crippen LogP contribution in [0.5, 0.6) is 0 Å². The molecule has 2 aromatic carbocycles. The highest BCUT2D eigenvalue weighted by molar-refractivity contribution is 6.05. The zero-order chi connectivity index (χ0) is 23.3. The highest BCUT2D eigenvalue weighted by Gasteiger charge is 2.30. The van der Waals surface area contributed by atoms with Crippen molar-refractivity contribution in [3.63, 3.8) is 0 Å². The first-order valence-corrected chi connectivity index (χ1v) is 11.1. The number of rotatable bonds is 7. The van der Waals surface area contributed by atoms with E-state index in [2.05, 4.69) is 24.5 Å². The van der Waals surface area contributed by atoms with Crippen molar-refractivity contribution in [1.82, 2.24) is 4.90 Å². The molecule has 0 radical (unpaired) electrons. The van der Waals surface area contributed by atoms with Gasteiger partial charge in [-0.3, -0.25) is 19.3 Å². The van der Waals surface area contributed by atoms with Crippen LogP contribution in [0.25, 0.3) is 0 Å². The van der Waals surface area contributed by atoms with Crippen LogP contribution in [0.4, 0.5) is 17.1 Å². The third kappa shape index (κ3) is 5.34. The van der Waals surface area contributed by atoms with E-state index >= 15 is 0 Å². The summed E-state index contributed by atoms with van der Waals surface area (Å²) in [6, 6.07) is 13.1. The van der Waals surface area contributed by atoms with Crippen LogP contribution >= 0.6 is 0 Å². The van der Waals surface area contributed by atoms with E-state index in [-0.39, 0.29) is 43.3 Å². The molecular formula is C25H32N4O3. The minimum Gasteiger partial charge on any atom is -0.324 e. The average Bonchev–Trinajstić information content (AvgIpc) is 2.87. The number of benzene rings is 2. The normalized spacial score (nSPS) is 15.7. The van der Waals surface area contributed by atoms with Crippen LogP contribution in [0.3, 0.4) is 0 Å². The van der Waals surface area contributed by atoms with E-state index in [9.17, 15) is 14.4 Å². The van der Waals surface area contributed by atoms with E-state index in [1.807, 2.05) is 43.3 Å². The fourth-order valence-electron chi connectivity index (χ4n) is 4.16. The maximum Gasteiger partial charge on any atom is 0.241 e. The van der Waals surface area contributed by atoms with Crippen LogP contribution in [0, 0.1) is 0 Å². The topological polar surface area (TPSA) is 81.8 Å². The van der Waals surface area contributed by atoms with Crippen LogP contribution in [-0.2, 0) is 27.2 Å². The second-order valence-electron chi connectivity index (χ2n) is 8.26. The average molecular weight is 437 g/mol. The SMILES string of the molecule is CCc1cccc(CC)c1NC(=O)CN(C)CC(=O)N1c2ccccc2NC(=O)CC1C. The Labute approximate surface area is 189 Å². The summed E-state index contributed by atoms with van der Waals surface area (Å²) < 4.78 is 0. The van der Waals surface area contributed by atoms with Crippen LogP contribution < -0.4 is 15.5 Å². The predicted molar refractivity (Wildman–Crippen MR) is 128 cm³/mol. The Morgan fingerprint density at radius 2 is 1.72 bits per heavy atom. The molecular weight excluding hydrogens is 404 g/mol. The van der Waals surface area contributed by atoms with Gasteiger partial charge < -0.3 is 15.5 Å². The van der Waals surface area contributed by atoms with Crippen LogP contribution in [-0.4, -0.2) is 48.8 Å². The summed E-state index contributed by atoms with van der Waals surface area (Å²) in [7, 11) is 1.75. The Hall–Kier alpha value is -3.19. The Bertz CT molecular complexity index is 982. The van der Waals surface area contributed by atoms with Gasteiger partial charge in [0.1, 0.15) is 0 Å². The van der Waals surface area contributed by atoms with Gasteiger partial charge in [-0.2, -0.15) is 0 Å². The van der Waals surface area contributed by atoms with E-state index in [1.54, 1.807) is 22.9 Å². The quantitative estimate of drug-likeness (QED) is 0.697. The van der Waals surface area contributed by atoms with Crippen molar-refractivity contribution in [2.75, 3.05) is 35.7 Å². The highest BCUT2D eigenvalue weighted by atomic mass is 16.2. The van der Waals surface area contributed by atoms with Gasteiger partial charge in [-0.15, -0.1) is 0 Å². The van der Waals surface area contributed by atoms with Crippen molar-refractivity contribution in [1.29, 1.82) is 0 Å². The highest BCUT2D eigenvalue weighted by Crippen LogP contribution is 2.31. The molecule has 1 atom stereocenters. The van der Waals surface area contributed by atoms with Gasteiger partial charge in [0.2, 0.25) is 17.7 Å². The molecule has 0 aliphatic carbocycles. The number of hydrogen-bond acceptors (Lipinski definition) is 4. The third-order valence-corrected chi connectivity index (χ3v) is 5.71. The molecule has 170 valence electrons. The maximum atomic E-state index is 13.2. The molecule has 0 fully saturated rings. The van der Waals surface area contributed by atoms with E-state index in [0.717, 1.165) is 29.7 Å². The number of hydrogen-bond donors (Lipinski definition) is 2. The molecule has 32 heavy (non-hydrogen) atoms. The molecule has 3 rings (SSSR count). The molecule has 1 unspecified atom stereocenters. The van der Waals surface area contributed by atoms with Gasteiger partial charge in [0.05, 0.1) is 24.5 Å². The molecule has 0 bridgehead atoms. The summed E-state index contributed by atoms with van der Waals surface area (Å²) in [4.78, 5) is 41.5. The molecule has 2 aromatic rings. The van der Waals surface area contributed by atoms with Crippen LogP contribution in [0.15, 0.2) is 42.5 Å². The monoisotopic (exact) mass is 436 g/mol. The minimum atomic E-state index is -0.281. The smallest absolute Gasteiger partial charge is 0.241 e. The lowest BCUT2D eigenvalue weighted by atomic mass is 10.0. The zero-order valence-corrected chi connectivity index (χ0v) is 19.3. The lowest BCUT2D eigenvalue weighted by Gasteiger charge is -2.29. The number of likely N-dealkylation sites (N-methyl/N-ethyl adjacent to an activating group) is 1. The fourth-order valence-corrected chi connectivity index (χ4v) is 4.16. The Balaban J connectivity index is 1.69. The second-order valence-corrected chi connectivity index (χ2v) is 8.26. The maximum absolute atomic E-state index is 13.2. The molecule has 2 N–H and O–H groups in total. The van der Waals surface area contributed by atoms with E-state index in [1.165, 1.54) is 0 Å². The number of anilines is 3. The number of carbonyl (C=O) groups is 3.